The summed E-state index contributed by atoms with van der Waals surface area (Å²) in [5.74, 6) is -1.37. The molecular weight excluding hydrogens is 242 g/mol. The summed E-state index contributed by atoms with van der Waals surface area (Å²) >= 11 is 1.25. The van der Waals surface area contributed by atoms with Crippen molar-refractivity contribution in [2.24, 2.45) is 0 Å². The number of anilines is 1. The van der Waals surface area contributed by atoms with Gasteiger partial charge in [0.2, 0.25) is 5.91 Å². The molecule has 94 valence electrons. The predicted molar refractivity (Wildman–Crippen MR) is 64.7 cm³/mol. The van der Waals surface area contributed by atoms with Gasteiger partial charge in [-0.25, -0.2) is 9.78 Å². The fraction of sp³-hybridized carbons (Fsp3) is 0.500. The number of hydrogen-bond acceptors (Lipinski definition) is 5. The Morgan fingerprint density at radius 2 is 2.35 bits per heavy atom. The van der Waals surface area contributed by atoms with Crippen LogP contribution in [0.3, 0.4) is 0 Å². The summed E-state index contributed by atoms with van der Waals surface area (Å²) in [6.45, 7) is 1.86. The zero-order chi connectivity index (χ0) is 12.8. The lowest BCUT2D eigenvalue weighted by Gasteiger charge is -2.12. The number of aliphatic carboxylic acids is 1. The van der Waals surface area contributed by atoms with Crippen LogP contribution in [0, 0.1) is 0 Å². The largest absolute Gasteiger partial charge is 0.480 e. The van der Waals surface area contributed by atoms with Gasteiger partial charge in [-0.3, -0.25) is 4.79 Å². The smallest absolute Gasteiger partial charge is 0.326 e. The molecule has 1 aromatic rings. The van der Waals surface area contributed by atoms with Crippen molar-refractivity contribution in [1.29, 1.82) is 0 Å². The van der Waals surface area contributed by atoms with Crippen LogP contribution in [0.15, 0.2) is 5.38 Å². The quantitative estimate of drug-likeness (QED) is 0.693. The van der Waals surface area contributed by atoms with Crippen LogP contribution < -0.4 is 11.1 Å². The monoisotopic (exact) mass is 257 g/mol. The molecule has 0 bridgehead atoms. The molecule has 1 atom stereocenters. The molecule has 0 saturated heterocycles. The second-order valence-corrected chi connectivity index (χ2v) is 4.49. The number of nitrogens with one attached hydrogen (secondary N) is 1. The molecule has 1 rings (SSSR count). The van der Waals surface area contributed by atoms with Crippen LogP contribution in [0.5, 0.6) is 0 Å². The first-order valence-corrected chi connectivity index (χ1v) is 6.13. The molecular formula is C10H15N3O3S. The van der Waals surface area contributed by atoms with Gasteiger partial charge < -0.3 is 16.2 Å². The van der Waals surface area contributed by atoms with E-state index in [1.54, 1.807) is 5.38 Å². The maximum Gasteiger partial charge on any atom is 0.326 e. The summed E-state index contributed by atoms with van der Waals surface area (Å²) in [6, 6.07) is -0.830. The zero-order valence-electron chi connectivity index (χ0n) is 9.47. The van der Waals surface area contributed by atoms with E-state index in [9.17, 15) is 9.59 Å². The lowest BCUT2D eigenvalue weighted by molar-refractivity contribution is -0.141. The number of thiazole rings is 1. The highest BCUT2D eigenvalue weighted by Crippen LogP contribution is 2.11. The molecule has 0 aromatic carbocycles. The lowest BCUT2D eigenvalue weighted by Crippen LogP contribution is -2.41. The van der Waals surface area contributed by atoms with E-state index in [-0.39, 0.29) is 12.3 Å². The summed E-state index contributed by atoms with van der Waals surface area (Å²) in [7, 11) is 0. The molecule has 0 aliphatic heterocycles. The van der Waals surface area contributed by atoms with Crippen molar-refractivity contribution in [3.05, 3.63) is 11.1 Å². The maximum absolute atomic E-state index is 11.6. The van der Waals surface area contributed by atoms with Crippen LogP contribution in [-0.4, -0.2) is 28.0 Å². The van der Waals surface area contributed by atoms with Gasteiger partial charge in [0.05, 0.1) is 12.1 Å². The normalized spacial score (nSPS) is 12.1. The minimum atomic E-state index is -1.02. The van der Waals surface area contributed by atoms with Crippen molar-refractivity contribution in [3.8, 4) is 0 Å². The molecule has 0 radical (unpaired) electrons. The second-order valence-electron chi connectivity index (χ2n) is 3.60. The number of hydrogen-bond donors (Lipinski definition) is 3. The number of carboxylic acid groups (broad SMARTS) is 1. The molecule has 7 heteroatoms. The molecule has 1 amide bonds. The number of carboxylic acids is 1. The van der Waals surface area contributed by atoms with Crippen LogP contribution in [0.4, 0.5) is 5.13 Å². The number of carbonyl (C=O) groups excluding carboxylic acids is 1. The van der Waals surface area contributed by atoms with Gasteiger partial charge in [-0.2, -0.15) is 0 Å². The van der Waals surface area contributed by atoms with Gasteiger partial charge >= 0.3 is 5.97 Å². The number of aromatic nitrogens is 1. The highest BCUT2D eigenvalue weighted by molar-refractivity contribution is 7.13. The third-order valence-electron chi connectivity index (χ3n) is 2.12. The molecule has 17 heavy (non-hydrogen) atoms. The van der Waals surface area contributed by atoms with Crippen LogP contribution in [0.25, 0.3) is 0 Å². The number of rotatable bonds is 6. The van der Waals surface area contributed by atoms with Crippen LogP contribution in [0.2, 0.25) is 0 Å². The average molecular weight is 257 g/mol. The summed E-state index contributed by atoms with van der Waals surface area (Å²) in [5.41, 5.74) is 5.99. The zero-order valence-corrected chi connectivity index (χ0v) is 10.3. The molecule has 1 aromatic heterocycles. The van der Waals surface area contributed by atoms with Crippen molar-refractivity contribution in [2.75, 3.05) is 5.73 Å². The van der Waals surface area contributed by atoms with Crippen molar-refractivity contribution >= 4 is 28.3 Å². The lowest BCUT2D eigenvalue weighted by atomic mass is 10.1. The van der Waals surface area contributed by atoms with Gasteiger partial charge in [0.25, 0.3) is 0 Å². The topological polar surface area (TPSA) is 105 Å². The summed E-state index contributed by atoms with van der Waals surface area (Å²) in [5, 5.41) is 13.4. The Bertz CT molecular complexity index is 405. The Labute approximate surface area is 103 Å². The van der Waals surface area contributed by atoms with Gasteiger partial charge in [-0.1, -0.05) is 13.3 Å². The Hall–Kier alpha value is -1.63. The Balaban J connectivity index is 2.50. The van der Waals surface area contributed by atoms with E-state index in [0.29, 0.717) is 23.7 Å². The van der Waals surface area contributed by atoms with E-state index in [4.69, 9.17) is 10.8 Å². The van der Waals surface area contributed by atoms with Gasteiger partial charge in [0.1, 0.15) is 6.04 Å². The Morgan fingerprint density at radius 3 is 2.82 bits per heavy atom. The average Bonchev–Trinajstić information content (AvgIpc) is 2.63. The van der Waals surface area contributed by atoms with Crippen LogP contribution in [0.1, 0.15) is 25.5 Å². The van der Waals surface area contributed by atoms with E-state index in [0.717, 1.165) is 0 Å². The molecule has 6 nitrogen and oxygen atoms in total. The minimum Gasteiger partial charge on any atom is -0.480 e. The number of carbonyl (C=O) groups is 2. The summed E-state index contributed by atoms with van der Waals surface area (Å²) in [6.07, 6.45) is 1.17. The molecule has 0 unspecified atom stereocenters. The van der Waals surface area contributed by atoms with E-state index in [2.05, 4.69) is 10.3 Å². The van der Waals surface area contributed by atoms with E-state index < -0.39 is 12.0 Å². The fourth-order valence-electron chi connectivity index (χ4n) is 1.36. The van der Waals surface area contributed by atoms with Crippen LogP contribution >= 0.6 is 11.3 Å². The van der Waals surface area contributed by atoms with Crippen LogP contribution in [-0.2, 0) is 16.0 Å². The molecule has 4 N–H and O–H groups in total. The number of nitrogen functional groups attached to an aromatic ring is 1. The standard InChI is InChI=1S/C10H15N3O3S/c1-2-3-7(9(15)16)13-8(14)4-6-5-17-10(11)12-6/h5,7H,2-4H2,1H3,(H2,11,12)(H,13,14)(H,15,16)/t7-/m0/s1. The highest BCUT2D eigenvalue weighted by Gasteiger charge is 2.19. The molecule has 1 heterocycles. The van der Waals surface area contributed by atoms with E-state index in [1.807, 2.05) is 6.92 Å². The second kappa shape index (κ2) is 6.19. The first-order valence-electron chi connectivity index (χ1n) is 5.25. The van der Waals surface area contributed by atoms with Crippen molar-refractivity contribution < 1.29 is 14.7 Å². The fourth-order valence-corrected chi connectivity index (χ4v) is 1.92. The molecule has 0 spiro atoms. The van der Waals surface area contributed by atoms with Crippen molar-refractivity contribution in [1.82, 2.24) is 10.3 Å². The van der Waals surface area contributed by atoms with Gasteiger partial charge in [-0.15, -0.1) is 11.3 Å². The highest BCUT2D eigenvalue weighted by atomic mass is 32.1. The first-order chi connectivity index (χ1) is 8.02. The Kier molecular flexibility index (Phi) is 4.89. The molecule has 0 aliphatic rings. The molecule has 0 aliphatic carbocycles. The predicted octanol–water partition coefficient (Wildman–Crippen LogP) is 0.637. The molecule has 0 saturated carbocycles. The summed E-state index contributed by atoms with van der Waals surface area (Å²) in [4.78, 5) is 26.3. The number of nitrogens with two attached hydrogens (primary N) is 1. The van der Waals surface area contributed by atoms with Crippen molar-refractivity contribution in [3.63, 3.8) is 0 Å². The third kappa shape index (κ3) is 4.39. The van der Waals surface area contributed by atoms with E-state index in [1.165, 1.54) is 11.3 Å². The van der Waals surface area contributed by atoms with Gasteiger partial charge in [0, 0.05) is 5.38 Å². The first kappa shape index (κ1) is 13.4. The Morgan fingerprint density at radius 1 is 1.65 bits per heavy atom. The van der Waals surface area contributed by atoms with Crippen molar-refractivity contribution in [2.45, 2.75) is 32.2 Å². The number of nitrogens with zero attached hydrogens (tertiary/aromatic N) is 1. The SMILES string of the molecule is CCC[C@H](NC(=O)Cc1csc(N)n1)C(=O)O. The molecule has 0 fully saturated rings. The number of amides is 1. The van der Waals surface area contributed by atoms with Gasteiger partial charge in [0.15, 0.2) is 5.13 Å². The summed E-state index contributed by atoms with van der Waals surface area (Å²) < 4.78 is 0. The maximum atomic E-state index is 11.6. The third-order valence-corrected chi connectivity index (χ3v) is 2.84. The van der Waals surface area contributed by atoms with Gasteiger partial charge in [-0.05, 0) is 6.42 Å². The minimum absolute atomic E-state index is 0.0567. The van der Waals surface area contributed by atoms with E-state index >= 15 is 0 Å².